The van der Waals surface area contributed by atoms with E-state index in [1.54, 1.807) is 6.08 Å². The Morgan fingerprint density at radius 3 is 2.12 bits per heavy atom. The van der Waals surface area contributed by atoms with Gasteiger partial charge in [0.2, 0.25) is 0 Å². The maximum absolute atomic E-state index is 9.29. The van der Waals surface area contributed by atoms with Gasteiger partial charge in [-0.2, -0.15) is 12.6 Å². The Morgan fingerprint density at radius 1 is 2.00 bits per heavy atom. The van der Waals surface area contributed by atoms with Gasteiger partial charge in [0.05, 0.1) is 5.75 Å². The lowest BCUT2D eigenvalue weighted by molar-refractivity contribution is -0.133. The van der Waals surface area contributed by atoms with Crippen LogP contribution in [0.5, 0.6) is 0 Å². The van der Waals surface area contributed by atoms with Gasteiger partial charge in [-0.15, -0.1) is 6.58 Å². The van der Waals surface area contributed by atoms with E-state index in [1.165, 1.54) is 0 Å². The predicted octanol–water partition coefficient (Wildman–Crippen LogP) is 1.19. The first-order valence-electron chi connectivity index (χ1n) is 2.08. The molecule has 0 radical (unpaired) electrons. The van der Waals surface area contributed by atoms with Crippen LogP contribution in [0.4, 0.5) is 0 Å². The summed E-state index contributed by atoms with van der Waals surface area (Å²) in [6.07, 6.45) is 1.75. The fraction of sp³-hybridized carbons (Fsp3) is 0.400. The van der Waals surface area contributed by atoms with Crippen molar-refractivity contribution in [2.45, 2.75) is 6.92 Å². The van der Waals surface area contributed by atoms with Crippen LogP contribution < -0.4 is 0 Å². The Kier molecular flexibility index (Phi) is 12.8. The third kappa shape index (κ3) is 47.5. The summed E-state index contributed by atoms with van der Waals surface area (Å²) in [5.41, 5.74) is 0. The topological polar surface area (TPSA) is 37.3 Å². The van der Waals surface area contributed by atoms with Gasteiger partial charge in [-0.05, 0) is 6.92 Å². The molecule has 0 saturated carbocycles. The summed E-state index contributed by atoms with van der Waals surface area (Å²) in [5.74, 6) is -0.965. The fourth-order valence-electron chi connectivity index (χ4n) is 0. The molecule has 0 aliphatic carbocycles. The predicted molar refractivity (Wildman–Crippen MR) is 37.4 cm³/mol. The van der Waals surface area contributed by atoms with Crippen LogP contribution >= 0.6 is 12.6 Å². The molecule has 2 nitrogen and oxygen atoms in total. The molecule has 0 aliphatic heterocycles. The number of rotatable bonds is 1. The van der Waals surface area contributed by atoms with E-state index in [2.05, 4.69) is 19.2 Å². The normalized spacial score (nSPS) is 6.25. The Morgan fingerprint density at radius 2 is 2.12 bits per heavy atom. The summed E-state index contributed by atoms with van der Waals surface area (Å²) < 4.78 is 0. The molecule has 0 aromatic heterocycles. The van der Waals surface area contributed by atoms with Crippen LogP contribution in [-0.2, 0) is 4.79 Å². The highest BCUT2D eigenvalue weighted by Crippen LogP contribution is 1.66. The molecule has 0 rings (SSSR count). The molecule has 8 heavy (non-hydrogen) atoms. The number of hydrogen-bond donors (Lipinski definition) is 2. The van der Waals surface area contributed by atoms with Crippen LogP contribution in [0.1, 0.15) is 6.92 Å². The molecule has 3 heteroatoms. The number of carbonyl (C=O) groups is 1. The third-order valence-electron chi connectivity index (χ3n) is 0.135. The van der Waals surface area contributed by atoms with Gasteiger partial charge in [-0.25, -0.2) is 0 Å². The number of aliphatic carboxylic acids is 1. The Bertz CT molecular complexity index is 70.8. The highest BCUT2D eigenvalue weighted by molar-refractivity contribution is 7.81. The van der Waals surface area contributed by atoms with Gasteiger partial charge in [-0.3, -0.25) is 4.79 Å². The van der Waals surface area contributed by atoms with Crippen molar-refractivity contribution in [3.05, 3.63) is 12.7 Å². The zero-order valence-corrected chi connectivity index (χ0v) is 5.69. The largest absolute Gasteiger partial charge is 0.481 e. The molecule has 0 bridgehead atoms. The molecule has 48 valence electrons. The second-order valence-corrected chi connectivity index (χ2v) is 1.28. The molecule has 0 spiro atoms. The van der Waals surface area contributed by atoms with Crippen molar-refractivity contribution in [2.75, 3.05) is 5.75 Å². The van der Waals surface area contributed by atoms with Gasteiger partial charge < -0.3 is 5.11 Å². The van der Waals surface area contributed by atoms with Gasteiger partial charge in [0.15, 0.2) is 0 Å². The van der Waals surface area contributed by atoms with E-state index >= 15 is 0 Å². The fourth-order valence-corrected chi connectivity index (χ4v) is 0. The molecule has 0 fully saturated rings. The second kappa shape index (κ2) is 9.75. The lowest BCUT2D eigenvalue weighted by atomic mass is 10.8. The van der Waals surface area contributed by atoms with Crippen molar-refractivity contribution in [3.8, 4) is 0 Å². The standard InChI is InChI=1S/C3H6.C2H4O2S/c1-3-2;3-2(4)1-5/h3H,1H2,2H3;5H,1H2,(H,3,4). The molecule has 0 saturated heterocycles. The van der Waals surface area contributed by atoms with Crippen molar-refractivity contribution >= 4 is 18.6 Å². The van der Waals surface area contributed by atoms with E-state index in [0.29, 0.717) is 0 Å². The summed E-state index contributed by atoms with van der Waals surface area (Å²) in [4.78, 5) is 9.29. The second-order valence-electron chi connectivity index (χ2n) is 0.960. The molecule has 0 amide bonds. The summed E-state index contributed by atoms with van der Waals surface area (Å²) >= 11 is 3.42. The number of carboxylic acid groups (broad SMARTS) is 1. The van der Waals surface area contributed by atoms with Crippen LogP contribution in [0.25, 0.3) is 0 Å². The van der Waals surface area contributed by atoms with E-state index in [9.17, 15) is 4.79 Å². The minimum atomic E-state index is -0.881. The highest BCUT2D eigenvalue weighted by atomic mass is 32.1. The van der Waals surface area contributed by atoms with Gasteiger partial charge in [0, 0.05) is 0 Å². The Hall–Kier alpha value is -0.440. The average molecular weight is 134 g/mol. The molecular formula is C5H10O2S. The van der Waals surface area contributed by atoms with Gasteiger partial charge in [-0.1, -0.05) is 6.08 Å². The first-order valence-corrected chi connectivity index (χ1v) is 2.72. The van der Waals surface area contributed by atoms with Crippen molar-refractivity contribution in [3.63, 3.8) is 0 Å². The van der Waals surface area contributed by atoms with Gasteiger partial charge in [0.25, 0.3) is 0 Å². The monoisotopic (exact) mass is 134 g/mol. The first-order chi connectivity index (χ1) is 3.68. The van der Waals surface area contributed by atoms with Gasteiger partial charge in [0.1, 0.15) is 0 Å². The molecule has 0 aromatic carbocycles. The van der Waals surface area contributed by atoms with E-state index in [1.807, 2.05) is 6.92 Å². The number of carboxylic acids is 1. The zero-order valence-electron chi connectivity index (χ0n) is 4.79. The minimum absolute atomic E-state index is 0.0833. The van der Waals surface area contributed by atoms with Crippen molar-refractivity contribution < 1.29 is 9.90 Å². The molecule has 0 atom stereocenters. The van der Waals surface area contributed by atoms with Crippen molar-refractivity contribution in [1.29, 1.82) is 0 Å². The summed E-state index contributed by atoms with van der Waals surface area (Å²) in [7, 11) is 0. The Balaban J connectivity index is 0. The van der Waals surface area contributed by atoms with E-state index in [0.717, 1.165) is 0 Å². The summed E-state index contributed by atoms with van der Waals surface area (Å²) in [6, 6.07) is 0. The molecule has 0 aromatic rings. The van der Waals surface area contributed by atoms with Crippen molar-refractivity contribution in [1.82, 2.24) is 0 Å². The van der Waals surface area contributed by atoms with Gasteiger partial charge >= 0.3 is 5.97 Å². The quantitative estimate of drug-likeness (QED) is 0.417. The van der Waals surface area contributed by atoms with Crippen LogP contribution in [0.2, 0.25) is 0 Å². The number of hydrogen-bond acceptors (Lipinski definition) is 2. The first kappa shape index (κ1) is 10.5. The van der Waals surface area contributed by atoms with Crippen LogP contribution in [-0.4, -0.2) is 16.8 Å². The Labute approximate surface area is 54.6 Å². The summed E-state index contributed by atoms with van der Waals surface area (Å²) in [5, 5.41) is 7.65. The highest BCUT2D eigenvalue weighted by Gasteiger charge is 1.81. The van der Waals surface area contributed by atoms with Crippen LogP contribution in [0, 0.1) is 0 Å². The lowest BCUT2D eigenvalue weighted by Crippen LogP contribution is -1.92. The molecule has 0 unspecified atom stereocenters. The number of allylic oxidation sites excluding steroid dienone is 1. The van der Waals surface area contributed by atoms with Crippen LogP contribution in [0.15, 0.2) is 12.7 Å². The van der Waals surface area contributed by atoms with Crippen LogP contribution in [0.3, 0.4) is 0 Å². The van der Waals surface area contributed by atoms with E-state index < -0.39 is 5.97 Å². The smallest absolute Gasteiger partial charge is 0.313 e. The molecule has 1 N–H and O–H groups in total. The van der Waals surface area contributed by atoms with E-state index in [-0.39, 0.29) is 5.75 Å². The SMILES string of the molecule is C=CC.O=C(O)CS. The molecule has 0 aliphatic rings. The maximum Gasteiger partial charge on any atom is 0.313 e. The summed E-state index contributed by atoms with van der Waals surface area (Å²) in [6.45, 7) is 5.25. The average Bonchev–Trinajstić information content (AvgIpc) is 1.69. The third-order valence-corrected chi connectivity index (χ3v) is 0.406. The number of thiol groups is 1. The molecule has 0 heterocycles. The zero-order chi connectivity index (χ0) is 6.99. The molecular weight excluding hydrogens is 124 g/mol. The maximum atomic E-state index is 9.29. The van der Waals surface area contributed by atoms with E-state index in [4.69, 9.17) is 5.11 Å². The minimum Gasteiger partial charge on any atom is -0.481 e. The van der Waals surface area contributed by atoms with Crippen molar-refractivity contribution in [2.24, 2.45) is 0 Å². The lowest BCUT2D eigenvalue weighted by Gasteiger charge is -1.71.